The van der Waals surface area contributed by atoms with Crippen molar-refractivity contribution in [3.8, 4) is 0 Å². The van der Waals surface area contributed by atoms with Gasteiger partial charge in [-0.25, -0.2) is 4.79 Å². The Hall–Kier alpha value is -1.33. The van der Waals surface area contributed by atoms with Crippen molar-refractivity contribution >= 4 is 5.97 Å². The summed E-state index contributed by atoms with van der Waals surface area (Å²) in [6.45, 7) is 1.61. The van der Waals surface area contributed by atoms with Crippen LogP contribution >= 0.6 is 0 Å². The van der Waals surface area contributed by atoms with E-state index in [-0.39, 0.29) is 18.6 Å². The Bertz CT molecular complexity index is 401. The van der Waals surface area contributed by atoms with Gasteiger partial charge in [-0.2, -0.15) is 0 Å². The van der Waals surface area contributed by atoms with Gasteiger partial charge in [-0.05, 0) is 25.5 Å². The summed E-state index contributed by atoms with van der Waals surface area (Å²) < 4.78 is 10.1. The van der Waals surface area contributed by atoms with Gasteiger partial charge in [0.2, 0.25) is 0 Å². The summed E-state index contributed by atoms with van der Waals surface area (Å²) in [5.74, 6) is 0.235. The first-order chi connectivity index (χ1) is 8.76. The van der Waals surface area contributed by atoms with Gasteiger partial charge in [-0.1, -0.05) is 6.42 Å². The second-order valence-electron chi connectivity index (χ2n) is 4.55. The minimum atomic E-state index is -0.378. The first-order valence-electron chi connectivity index (χ1n) is 6.26. The Labute approximate surface area is 106 Å². The van der Waals surface area contributed by atoms with Gasteiger partial charge in [-0.15, -0.1) is 0 Å². The van der Waals surface area contributed by atoms with Crippen molar-refractivity contribution in [1.29, 1.82) is 0 Å². The Balaban J connectivity index is 2.08. The van der Waals surface area contributed by atoms with Crippen molar-refractivity contribution in [2.24, 2.45) is 0 Å². The highest BCUT2D eigenvalue weighted by atomic mass is 16.5. The van der Waals surface area contributed by atoms with Crippen molar-refractivity contribution < 1.29 is 19.1 Å². The summed E-state index contributed by atoms with van der Waals surface area (Å²) in [5, 5.41) is 9.35. The Morgan fingerprint density at radius 2 is 2.44 bits per heavy atom. The van der Waals surface area contributed by atoms with Crippen LogP contribution in [-0.4, -0.2) is 42.3 Å². The Kier molecular flexibility index (Phi) is 4.38. The highest BCUT2D eigenvalue weighted by molar-refractivity contribution is 5.90. The number of hydrogen-bond acceptors (Lipinski definition) is 5. The van der Waals surface area contributed by atoms with Gasteiger partial charge in [0.15, 0.2) is 0 Å². The molecular weight excluding hydrogens is 234 g/mol. The standard InChI is InChI=1S/C13H19NO4/c1-17-13(16)11-5-7-18-12(11)8-14-6-3-2-4-10(14)9-15/h5,7,10,15H,2-4,6,8-9H2,1H3. The summed E-state index contributed by atoms with van der Waals surface area (Å²) in [4.78, 5) is 13.7. The second kappa shape index (κ2) is 6.02. The molecule has 1 N–H and O–H groups in total. The molecule has 1 aromatic heterocycles. The fraction of sp³-hybridized carbons (Fsp3) is 0.615. The predicted molar refractivity (Wildman–Crippen MR) is 65.2 cm³/mol. The third-order valence-electron chi connectivity index (χ3n) is 3.46. The van der Waals surface area contributed by atoms with E-state index < -0.39 is 0 Å². The fourth-order valence-corrected chi connectivity index (χ4v) is 2.41. The minimum Gasteiger partial charge on any atom is -0.467 e. The molecule has 1 fully saturated rings. The summed E-state index contributed by atoms with van der Waals surface area (Å²) in [6, 6.07) is 1.79. The van der Waals surface area contributed by atoms with Gasteiger partial charge < -0.3 is 14.3 Å². The third-order valence-corrected chi connectivity index (χ3v) is 3.46. The highest BCUT2D eigenvalue weighted by Crippen LogP contribution is 2.21. The van der Waals surface area contributed by atoms with Crippen molar-refractivity contribution in [2.75, 3.05) is 20.3 Å². The monoisotopic (exact) mass is 253 g/mol. The number of piperidine rings is 1. The number of furan rings is 1. The van der Waals surface area contributed by atoms with E-state index in [0.29, 0.717) is 17.9 Å². The number of carbonyl (C=O) groups excluding carboxylic acids is 1. The van der Waals surface area contributed by atoms with E-state index in [4.69, 9.17) is 9.15 Å². The van der Waals surface area contributed by atoms with E-state index in [1.165, 1.54) is 13.4 Å². The molecule has 5 heteroatoms. The molecule has 0 radical (unpaired) electrons. The van der Waals surface area contributed by atoms with E-state index in [1.807, 2.05) is 0 Å². The van der Waals surface area contributed by atoms with Crippen LogP contribution in [0.2, 0.25) is 0 Å². The third kappa shape index (κ3) is 2.73. The number of aliphatic hydroxyl groups excluding tert-OH is 1. The van der Waals surface area contributed by atoms with Crippen LogP contribution < -0.4 is 0 Å². The topological polar surface area (TPSA) is 62.9 Å². The maximum atomic E-state index is 11.5. The Morgan fingerprint density at radius 3 is 3.17 bits per heavy atom. The van der Waals surface area contributed by atoms with Crippen LogP contribution in [0.4, 0.5) is 0 Å². The van der Waals surface area contributed by atoms with Crippen LogP contribution in [0.25, 0.3) is 0 Å². The summed E-state index contributed by atoms with van der Waals surface area (Å²) in [7, 11) is 1.36. The van der Waals surface area contributed by atoms with Gasteiger partial charge in [0.25, 0.3) is 0 Å². The number of hydrogen-bond donors (Lipinski definition) is 1. The molecule has 0 amide bonds. The molecule has 0 aromatic carbocycles. The number of likely N-dealkylation sites (tertiary alicyclic amines) is 1. The number of methoxy groups -OCH3 is 1. The van der Waals surface area contributed by atoms with Crippen LogP contribution in [0.5, 0.6) is 0 Å². The number of rotatable bonds is 4. The Morgan fingerprint density at radius 1 is 1.61 bits per heavy atom. The van der Waals surface area contributed by atoms with Crippen LogP contribution in [0.1, 0.15) is 35.4 Å². The average molecular weight is 253 g/mol. The molecule has 0 spiro atoms. The zero-order valence-corrected chi connectivity index (χ0v) is 10.6. The molecule has 18 heavy (non-hydrogen) atoms. The predicted octanol–water partition coefficient (Wildman–Crippen LogP) is 1.41. The summed E-state index contributed by atoms with van der Waals surface area (Å²) >= 11 is 0. The van der Waals surface area contributed by atoms with Crippen molar-refractivity contribution in [3.63, 3.8) is 0 Å². The first-order valence-corrected chi connectivity index (χ1v) is 6.26. The minimum absolute atomic E-state index is 0.147. The van der Waals surface area contributed by atoms with Gasteiger partial charge in [0.1, 0.15) is 11.3 Å². The number of ether oxygens (including phenoxy) is 1. The molecule has 100 valence electrons. The zero-order chi connectivity index (χ0) is 13.0. The van der Waals surface area contributed by atoms with Crippen LogP contribution in [0.15, 0.2) is 16.7 Å². The van der Waals surface area contributed by atoms with Gasteiger partial charge in [0.05, 0.1) is 26.5 Å². The molecule has 1 aromatic rings. The van der Waals surface area contributed by atoms with Crippen LogP contribution in [0.3, 0.4) is 0 Å². The van der Waals surface area contributed by atoms with E-state index >= 15 is 0 Å². The maximum absolute atomic E-state index is 11.5. The largest absolute Gasteiger partial charge is 0.467 e. The molecule has 1 aliphatic heterocycles. The SMILES string of the molecule is COC(=O)c1ccoc1CN1CCCCC1CO. The van der Waals surface area contributed by atoms with Crippen LogP contribution in [0, 0.1) is 0 Å². The van der Waals surface area contributed by atoms with Gasteiger partial charge >= 0.3 is 5.97 Å². The van der Waals surface area contributed by atoms with Crippen LogP contribution in [-0.2, 0) is 11.3 Å². The molecule has 1 aliphatic rings. The van der Waals surface area contributed by atoms with E-state index in [2.05, 4.69) is 4.90 Å². The first kappa shape index (κ1) is 13.1. The molecule has 1 saturated heterocycles. The normalized spacial score (nSPS) is 20.9. The molecule has 0 saturated carbocycles. The molecule has 2 rings (SSSR count). The fourth-order valence-electron chi connectivity index (χ4n) is 2.41. The quantitative estimate of drug-likeness (QED) is 0.822. The van der Waals surface area contributed by atoms with Gasteiger partial charge in [0, 0.05) is 6.04 Å². The molecule has 0 bridgehead atoms. The number of esters is 1. The second-order valence-corrected chi connectivity index (χ2v) is 4.55. The average Bonchev–Trinajstić information content (AvgIpc) is 2.86. The van der Waals surface area contributed by atoms with Crippen molar-refractivity contribution in [2.45, 2.75) is 31.8 Å². The lowest BCUT2D eigenvalue weighted by molar-refractivity contribution is 0.0585. The molecule has 2 heterocycles. The number of nitrogens with zero attached hydrogens (tertiary/aromatic N) is 1. The lowest BCUT2D eigenvalue weighted by Crippen LogP contribution is -2.41. The smallest absolute Gasteiger partial charge is 0.341 e. The molecule has 0 aliphatic carbocycles. The van der Waals surface area contributed by atoms with Gasteiger partial charge in [-0.3, -0.25) is 4.90 Å². The van der Waals surface area contributed by atoms with E-state index in [0.717, 1.165) is 25.8 Å². The zero-order valence-electron chi connectivity index (χ0n) is 10.6. The lowest BCUT2D eigenvalue weighted by atomic mass is 10.0. The highest BCUT2D eigenvalue weighted by Gasteiger charge is 2.25. The van der Waals surface area contributed by atoms with E-state index in [9.17, 15) is 9.90 Å². The van der Waals surface area contributed by atoms with Crippen molar-refractivity contribution in [3.05, 3.63) is 23.7 Å². The number of carbonyl (C=O) groups is 1. The number of aliphatic hydroxyl groups is 1. The maximum Gasteiger partial charge on any atom is 0.341 e. The van der Waals surface area contributed by atoms with E-state index in [1.54, 1.807) is 6.07 Å². The lowest BCUT2D eigenvalue weighted by Gasteiger charge is -2.33. The summed E-state index contributed by atoms with van der Waals surface area (Å²) in [6.07, 6.45) is 4.75. The molecular formula is C13H19NO4. The summed E-state index contributed by atoms with van der Waals surface area (Å²) in [5.41, 5.74) is 0.472. The van der Waals surface area contributed by atoms with Crippen molar-refractivity contribution in [1.82, 2.24) is 4.90 Å². The molecule has 1 unspecified atom stereocenters. The molecule has 5 nitrogen and oxygen atoms in total. The molecule has 1 atom stereocenters.